The van der Waals surface area contributed by atoms with Gasteiger partial charge in [0.15, 0.2) is 5.96 Å². The fourth-order valence-electron chi connectivity index (χ4n) is 3.55. The number of amides is 1. The Morgan fingerprint density at radius 2 is 1.82 bits per heavy atom. The molecule has 7 nitrogen and oxygen atoms in total. The number of guanidine groups is 1. The molecule has 0 spiro atoms. The van der Waals surface area contributed by atoms with Gasteiger partial charge in [0.05, 0.1) is 6.54 Å². The monoisotopic (exact) mass is 446 g/mol. The zero-order valence-corrected chi connectivity index (χ0v) is 20.0. The molecule has 3 rings (SSSR count). The number of hydrogen-bond donors (Lipinski definition) is 2. The summed E-state index contributed by atoms with van der Waals surface area (Å²) < 4.78 is 2.13. The maximum atomic E-state index is 12.2. The number of hydrogen-bond acceptors (Lipinski definition) is 3. The molecule has 0 atom stereocenters. The van der Waals surface area contributed by atoms with Gasteiger partial charge in [-0.25, -0.2) is 9.98 Å². The van der Waals surface area contributed by atoms with E-state index in [9.17, 15) is 4.79 Å². The summed E-state index contributed by atoms with van der Waals surface area (Å²) in [7, 11) is 3.54. The molecule has 2 aromatic carbocycles. The Bertz CT molecular complexity index is 1090. The van der Waals surface area contributed by atoms with E-state index in [1.807, 2.05) is 43.6 Å². The zero-order valence-electron chi connectivity index (χ0n) is 20.0. The van der Waals surface area contributed by atoms with Crippen molar-refractivity contribution in [2.24, 2.45) is 4.99 Å². The largest absolute Gasteiger partial charge is 0.357 e. The molecule has 0 fully saturated rings. The van der Waals surface area contributed by atoms with Crippen molar-refractivity contribution >= 4 is 11.9 Å². The SMILES string of the molecule is CCNC(=NCc1cccc(Cn2ccnc2C)c1)NCCc1cccc(C(=O)N(C)C)c1. The normalized spacial score (nSPS) is 11.3. The first kappa shape index (κ1) is 24.0. The average molecular weight is 447 g/mol. The number of nitrogens with zero attached hydrogens (tertiary/aromatic N) is 4. The van der Waals surface area contributed by atoms with Crippen LogP contribution in [-0.4, -0.2) is 53.5 Å². The third-order valence-corrected chi connectivity index (χ3v) is 5.32. The summed E-state index contributed by atoms with van der Waals surface area (Å²) in [5.74, 6) is 1.81. The number of carbonyl (C=O) groups excluding carboxylic acids is 1. The second-order valence-electron chi connectivity index (χ2n) is 8.19. The van der Waals surface area contributed by atoms with Gasteiger partial charge in [-0.2, -0.15) is 0 Å². The average Bonchev–Trinajstić information content (AvgIpc) is 3.21. The number of aliphatic imine (C=N–C) groups is 1. The molecule has 2 N–H and O–H groups in total. The van der Waals surface area contributed by atoms with Crippen LogP contribution < -0.4 is 10.6 Å². The van der Waals surface area contributed by atoms with Crippen LogP contribution in [0.5, 0.6) is 0 Å². The number of carbonyl (C=O) groups is 1. The molecule has 1 amide bonds. The molecule has 0 unspecified atom stereocenters. The Hall–Kier alpha value is -3.61. The minimum absolute atomic E-state index is 0.0186. The van der Waals surface area contributed by atoms with Gasteiger partial charge < -0.3 is 20.1 Å². The molecular formula is C26H34N6O. The van der Waals surface area contributed by atoms with Gasteiger partial charge in [-0.05, 0) is 49.1 Å². The molecule has 0 saturated carbocycles. The van der Waals surface area contributed by atoms with Crippen molar-refractivity contribution in [3.63, 3.8) is 0 Å². The van der Waals surface area contributed by atoms with Crippen LogP contribution in [0.25, 0.3) is 0 Å². The molecule has 0 saturated heterocycles. The topological polar surface area (TPSA) is 74.5 Å². The molecule has 0 aliphatic carbocycles. The van der Waals surface area contributed by atoms with Crippen molar-refractivity contribution in [2.75, 3.05) is 27.2 Å². The van der Waals surface area contributed by atoms with Crippen LogP contribution in [0, 0.1) is 6.92 Å². The van der Waals surface area contributed by atoms with Gasteiger partial charge in [0, 0.05) is 51.7 Å². The smallest absolute Gasteiger partial charge is 0.253 e. The predicted molar refractivity (Wildman–Crippen MR) is 133 cm³/mol. The van der Waals surface area contributed by atoms with E-state index in [2.05, 4.69) is 51.4 Å². The van der Waals surface area contributed by atoms with Gasteiger partial charge in [-0.15, -0.1) is 0 Å². The molecule has 7 heteroatoms. The Morgan fingerprint density at radius 1 is 1.06 bits per heavy atom. The van der Waals surface area contributed by atoms with Crippen molar-refractivity contribution < 1.29 is 4.79 Å². The van der Waals surface area contributed by atoms with Crippen LogP contribution in [0.1, 0.15) is 39.8 Å². The highest BCUT2D eigenvalue weighted by atomic mass is 16.2. The van der Waals surface area contributed by atoms with Gasteiger partial charge in [-0.1, -0.05) is 36.4 Å². The number of nitrogens with one attached hydrogen (secondary N) is 2. The number of rotatable bonds is 9. The number of benzene rings is 2. The lowest BCUT2D eigenvalue weighted by atomic mass is 10.1. The number of imidazole rings is 1. The molecule has 0 aliphatic rings. The van der Waals surface area contributed by atoms with E-state index in [4.69, 9.17) is 4.99 Å². The molecule has 1 heterocycles. The number of aromatic nitrogens is 2. The fraction of sp³-hybridized carbons (Fsp3) is 0.346. The first-order chi connectivity index (χ1) is 16.0. The Kier molecular flexibility index (Phi) is 8.63. The highest BCUT2D eigenvalue weighted by Crippen LogP contribution is 2.10. The molecule has 33 heavy (non-hydrogen) atoms. The van der Waals surface area contributed by atoms with Crippen LogP contribution in [0.3, 0.4) is 0 Å². The summed E-state index contributed by atoms with van der Waals surface area (Å²) in [6.45, 7) is 6.99. The minimum atomic E-state index is 0.0186. The van der Waals surface area contributed by atoms with E-state index in [0.717, 1.165) is 49.0 Å². The van der Waals surface area contributed by atoms with Crippen molar-refractivity contribution in [1.82, 2.24) is 25.1 Å². The third-order valence-electron chi connectivity index (χ3n) is 5.32. The molecule has 1 aromatic heterocycles. The van der Waals surface area contributed by atoms with Crippen LogP contribution >= 0.6 is 0 Å². The maximum Gasteiger partial charge on any atom is 0.253 e. The first-order valence-corrected chi connectivity index (χ1v) is 11.3. The molecule has 0 aliphatic heterocycles. The molecule has 0 radical (unpaired) electrons. The van der Waals surface area contributed by atoms with Gasteiger partial charge in [0.2, 0.25) is 0 Å². The van der Waals surface area contributed by atoms with Crippen LogP contribution in [0.15, 0.2) is 65.9 Å². The zero-order chi connectivity index (χ0) is 23.6. The molecule has 0 bridgehead atoms. The lowest BCUT2D eigenvalue weighted by molar-refractivity contribution is 0.0827. The standard InChI is InChI=1S/C26H34N6O/c1-5-27-26(29-13-12-21-8-7-11-24(17-21)25(33)31(3)4)30-18-22-9-6-10-23(16-22)19-32-15-14-28-20(32)2/h6-11,14-17H,5,12-13,18-19H2,1-4H3,(H2,27,29,30). The van der Waals surface area contributed by atoms with E-state index in [-0.39, 0.29) is 5.91 Å². The van der Waals surface area contributed by atoms with E-state index in [1.54, 1.807) is 19.0 Å². The summed E-state index contributed by atoms with van der Waals surface area (Å²) in [5, 5.41) is 6.71. The Balaban J connectivity index is 1.58. The maximum absolute atomic E-state index is 12.2. The number of aryl methyl sites for hydroxylation is 1. The van der Waals surface area contributed by atoms with E-state index in [0.29, 0.717) is 12.1 Å². The summed E-state index contributed by atoms with van der Waals surface area (Å²) in [6.07, 6.45) is 4.63. The molecule has 174 valence electrons. The van der Waals surface area contributed by atoms with Gasteiger partial charge >= 0.3 is 0 Å². The third kappa shape index (κ3) is 7.20. The van der Waals surface area contributed by atoms with E-state index < -0.39 is 0 Å². The molecule has 3 aromatic rings. The molecular weight excluding hydrogens is 412 g/mol. The Morgan fingerprint density at radius 3 is 2.55 bits per heavy atom. The van der Waals surface area contributed by atoms with Crippen molar-refractivity contribution in [2.45, 2.75) is 33.4 Å². The summed E-state index contributed by atoms with van der Waals surface area (Å²) in [6, 6.07) is 16.3. The summed E-state index contributed by atoms with van der Waals surface area (Å²) >= 11 is 0. The first-order valence-electron chi connectivity index (χ1n) is 11.3. The van der Waals surface area contributed by atoms with Crippen molar-refractivity contribution in [3.05, 3.63) is 89.0 Å². The second-order valence-corrected chi connectivity index (χ2v) is 8.19. The van der Waals surface area contributed by atoms with Gasteiger partial charge in [0.1, 0.15) is 5.82 Å². The summed E-state index contributed by atoms with van der Waals surface area (Å²) in [4.78, 5) is 22.8. The van der Waals surface area contributed by atoms with Crippen LogP contribution in [0.2, 0.25) is 0 Å². The Labute approximate surface area is 196 Å². The minimum Gasteiger partial charge on any atom is -0.357 e. The van der Waals surface area contributed by atoms with E-state index in [1.165, 1.54) is 5.56 Å². The van der Waals surface area contributed by atoms with E-state index >= 15 is 0 Å². The fourth-order valence-corrected chi connectivity index (χ4v) is 3.55. The van der Waals surface area contributed by atoms with Gasteiger partial charge in [-0.3, -0.25) is 4.79 Å². The lowest BCUT2D eigenvalue weighted by Crippen LogP contribution is -2.38. The highest BCUT2D eigenvalue weighted by molar-refractivity contribution is 5.94. The second kappa shape index (κ2) is 11.9. The van der Waals surface area contributed by atoms with Crippen LogP contribution in [0.4, 0.5) is 0 Å². The quantitative estimate of drug-likeness (QED) is 0.391. The lowest BCUT2D eigenvalue weighted by Gasteiger charge is -2.13. The van der Waals surface area contributed by atoms with Gasteiger partial charge in [0.25, 0.3) is 5.91 Å². The van der Waals surface area contributed by atoms with Crippen LogP contribution in [-0.2, 0) is 19.5 Å². The summed E-state index contributed by atoms with van der Waals surface area (Å²) in [5.41, 5.74) is 4.23. The van der Waals surface area contributed by atoms with Crippen molar-refractivity contribution in [3.8, 4) is 0 Å². The predicted octanol–water partition coefficient (Wildman–Crippen LogP) is 3.24. The van der Waals surface area contributed by atoms with Crippen molar-refractivity contribution in [1.29, 1.82) is 0 Å². The highest BCUT2D eigenvalue weighted by Gasteiger charge is 2.08.